The summed E-state index contributed by atoms with van der Waals surface area (Å²) >= 11 is 7.33. The van der Waals surface area contributed by atoms with Gasteiger partial charge in [-0.15, -0.1) is 11.3 Å². The quantitative estimate of drug-likeness (QED) is 0.700. The van der Waals surface area contributed by atoms with Gasteiger partial charge < -0.3 is 4.98 Å². The molecule has 0 spiro atoms. The predicted octanol–water partition coefficient (Wildman–Crippen LogP) is 4.63. The maximum Gasteiger partial charge on any atom is 0.205 e. The molecule has 0 aliphatic rings. The van der Waals surface area contributed by atoms with E-state index in [1.54, 1.807) is 6.20 Å². The summed E-state index contributed by atoms with van der Waals surface area (Å²) in [7, 11) is 0. The third-order valence-corrected chi connectivity index (χ3v) is 4.01. The Balaban J connectivity index is 2.03. The minimum absolute atomic E-state index is 0.0428. The third kappa shape index (κ3) is 2.35. The summed E-state index contributed by atoms with van der Waals surface area (Å²) in [6.45, 7) is 0. The van der Waals surface area contributed by atoms with E-state index in [-0.39, 0.29) is 5.78 Å². The lowest BCUT2D eigenvalue weighted by molar-refractivity contribution is 0.104. The number of nitrogens with one attached hydrogen (secondary N) is 1. The number of benzene rings is 1. The molecule has 3 aromatic rings. The number of ketones is 1. The molecular weight excluding hydrogens is 278 g/mol. The Labute approximate surface area is 119 Å². The molecule has 0 unspecified atom stereocenters. The second-order valence-corrected chi connectivity index (χ2v) is 5.48. The number of hydrogen-bond donors (Lipinski definition) is 1. The molecule has 0 aliphatic heterocycles. The van der Waals surface area contributed by atoms with Crippen LogP contribution in [-0.2, 0) is 0 Å². The first-order valence-corrected chi connectivity index (χ1v) is 7.02. The zero-order valence-electron chi connectivity index (χ0n) is 9.89. The maximum absolute atomic E-state index is 12.4. The third-order valence-electron chi connectivity index (χ3n) is 2.89. The van der Waals surface area contributed by atoms with Crippen LogP contribution in [0, 0.1) is 0 Å². The SMILES string of the molecule is O=C(c1cccs1)c1c[nH]cc1-c1ccc(Cl)cc1. The highest BCUT2D eigenvalue weighted by atomic mass is 35.5. The molecule has 0 saturated heterocycles. The molecule has 0 atom stereocenters. The number of aromatic amines is 1. The van der Waals surface area contributed by atoms with E-state index in [1.165, 1.54) is 11.3 Å². The van der Waals surface area contributed by atoms with Crippen molar-refractivity contribution in [1.29, 1.82) is 0 Å². The molecule has 0 bridgehead atoms. The Morgan fingerprint density at radius 1 is 1.11 bits per heavy atom. The number of carbonyl (C=O) groups is 1. The number of carbonyl (C=O) groups excluding carboxylic acids is 1. The summed E-state index contributed by atoms with van der Waals surface area (Å²) < 4.78 is 0. The van der Waals surface area contributed by atoms with Gasteiger partial charge in [0.15, 0.2) is 0 Å². The van der Waals surface area contributed by atoms with Crippen molar-refractivity contribution in [3.05, 3.63) is 69.6 Å². The Hall–Kier alpha value is -1.84. The van der Waals surface area contributed by atoms with E-state index in [1.807, 2.05) is 48.0 Å². The van der Waals surface area contributed by atoms with Crippen LogP contribution < -0.4 is 0 Å². The van der Waals surface area contributed by atoms with Crippen LogP contribution in [0.2, 0.25) is 5.02 Å². The maximum atomic E-state index is 12.4. The van der Waals surface area contributed by atoms with E-state index in [4.69, 9.17) is 11.6 Å². The number of hydrogen-bond acceptors (Lipinski definition) is 2. The molecule has 19 heavy (non-hydrogen) atoms. The molecule has 2 nitrogen and oxygen atoms in total. The lowest BCUT2D eigenvalue weighted by Gasteiger charge is -2.02. The molecule has 94 valence electrons. The van der Waals surface area contributed by atoms with Gasteiger partial charge in [0.25, 0.3) is 0 Å². The van der Waals surface area contributed by atoms with Crippen LogP contribution in [0.5, 0.6) is 0 Å². The molecule has 4 heteroatoms. The predicted molar refractivity (Wildman–Crippen MR) is 79.0 cm³/mol. The van der Waals surface area contributed by atoms with Gasteiger partial charge in [0.05, 0.1) is 4.88 Å². The summed E-state index contributed by atoms with van der Waals surface area (Å²) in [4.78, 5) is 16.1. The van der Waals surface area contributed by atoms with Crippen LogP contribution in [0.25, 0.3) is 11.1 Å². The van der Waals surface area contributed by atoms with Gasteiger partial charge >= 0.3 is 0 Å². The summed E-state index contributed by atoms with van der Waals surface area (Å²) in [5, 5.41) is 2.59. The lowest BCUT2D eigenvalue weighted by atomic mass is 10.0. The second kappa shape index (κ2) is 5.03. The number of aromatic nitrogens is 1. The Morgan fingerprint density at radius 3 is 2.58 bits per heavy atom. The summed E-state index contributed by atoms with van der Waals surface area (Å²) in [6, 6.07) is 11.2. The Morgan fingerprint density at radius 2 is 1.89 bits per heavy atom. The van der Waals surface area contributed by atoms with Crippen molar-refractivity contribution in [2.45, 2.75) is 0 Å². The number of rotatable bonds is 3. The first kappa shape index (κ1) is 12.2. The number of thiophene rings is 1. The van der Waals surface area contributed by atoms with Crippen molar-refractivity contribution >= 4 is 28.7 Å². The molecule has 1 N–H and O–H groups in total. The van der Waals surface area contributed by atoms with Gasteiger partial charge in [-0.2, -0.15) is 0 Å². The van der Waals surface area contributed by atoms with Crippen LogP contribution in [0.15, 0.2) is 54.2 Å². The standard InChI is InChI=1S/C15H10ClNOS/c16-11-5-3-10(4-6-11)12-8-17-9-13(12)15(18)14-2-1-7-19-14/h1-9,17H. The van der Waals surface area contributed by atoms with Crippen molar-refractivity contribution in [2.24, 2.45) is 0 Å². The average molecular weight is 288 g/mol. The summed E-state index contributed by atoms with van der Waals surface area (Å²) in [5.74, 6) is 0.0428. The zero-order valence-corrected chi connectivity index (χ0v) is 11.5. The monoisotopic (exact) mass is 287 g/mol. The van der Waals surface area contributed by atoms with Crippen LogP contribution in [0.4, 0.5) is 0 Å². The average Bonchev–Trinajstić information content (AvgIpc) is 3.10. The lowest BCUT2D eigenvalue weighted by Crippen LogP contribution is -1.98. The number of halogens is 1. The number of H-pyrrole nitrogens is 1. The molecule has 0 amide bonds. The smallest absolute Gasteiger partial charge is 0.205 e. The van der Waals surface area contributed by atoms with Crippen molar-refractivity contribution in [2.75, 3.05) is 0 Å². The second-order valence-electron chi connectivity index (χ2n) is 4.10. The van der Waals surface area contributed by atoms with Crippen molar-refractivity contribution in [3.8, 4) is 11.1 Å². The Bertz CT molecular complexity index is 698. The van der Waals surface area contributed by atoms with E-state index < -0.39 is 0 Å². The van der Waals surface area contributed by atoms with Crippen LogP contribution in [0.3, 0.4) is 0 Å². The van der Waals surface area contributed by atoms with E-state index in [2.05, 4.69) is 4.98 Å². The molecule has 0 saturated carbocycles. The molecular formula is C15H10ClNOS. The van der Waals surface area contributed by atoms with Crippen LogP contribution in [-0.4, -0.2) is 10.8 Å². The highest BCUT2D eigenvalue weighted by molar-refractivity contribution is 7.12. The van der Waals surface area contributed by atoms with E-state index in [0.717, 1.165) is 16.0 Å². The van der Waals surface area contributed by atoms with Crippen molar-refractivity contribution in [3.63, 3.8) is 0 Å². The van der Waals surface area contributed by atoms with Gasteiger partial charge in [-0.05, 0) is 29.1 Å². The van der Waals surface area contributed by atoms with E-state index >= 15 is 0 Å². The molecule has 2 aromatic heterocycles. The molecule has 3 rings (SSSR count). The first-order chi connectivity index (χ1) is 9.25. The van der Waals surface area contributed by atoms with Gasteiger partial charge in [0, 0.05) is 28.5 Å². The van der Waals surface area contributed by atoms with Crippen molar-refractivity contribution in [1.82, 2.24) is 4.98 Å². The minimum atomic E-state index is 0.0428. The Kier molecular flexibility index (Phi) is 3.23. The van der Waals surface area contributed by atoms with Gasteiger partial charge in [0.2, 0.25) is 5.78 Å². The highest BCUT2D eigenvalue weighted by Crippen LogP contribution is 2.27. The first-order valence-electron chi connectivity index (χ1n) is 5.76. The fraction of sp³-hybridized carbons (Fsp3) is 0. The topological polar surface area (TPSA) is 32.9 Å². The summed E-state index contributed by atoms with van der Waals surface area (Å²) in [5.41, 5.74) is 2.56. The molecule has 1 aromatic carbocycles. The van der Waals surface area contributed by atoms with Gasteiger partial charge in [-0.3, -0.25) is 4.79 Å². The van der Waals surface area contributed by atoms with Gasteiger partial charge in [0.1, 0.15) is 0 Å². The zero-order chi connectivity index (χ0) is 13.2. The van der Waals surface area contributed by atoms with E-state index in [0.29, 0.717) is 10.6 Å². The van der Waals surface area contributed by atoms with Gasteiger partial charge in [-0.25, -0.2) is 0 Å². The fourth-order valence-electron chi connectivity index (χ4n) is 1.96. The summed E-state index contributed by atoms with van der Waals surface area (Å²) in [6.07, 6.45) is 3.58. The molecule has 0 radical (unpaired) electrons. The highest BCUT2D eigenvalue weighted by Gasteiger charge is 2.16. The molecule has 0 aliphatic carbocycles. The normalized spacial score (nSPS) is 10.6. The minimum Gasteiger partial charge on any atom is -0.366 e. The van der Waals surface area contributed by atoms with Crippen molar-refractivity contribution < 1.29 is 4.79 Å². The largest absolute Gasteiger partial charge is 0.366 e. The van der Waals surface area contributed by atoms with Crippen LogP contribution in [0.1, 0.15) is 15.2 Å². The molecule has 2 heterocycles. The molecule has 0 fully saturated rings. The van der Waals surface area contributed by atoms with Gasteiger partial charge in [-0.1, -0.05) is 29.8 Å². The fourth-order valence-corrected chi connectivity index (χ4v) is 2.76. The van der Waals surface area contributed by atoms with Crippen LogP contribution >= 0.6 is 22.9 Å². The van der Waals surface area contributed by atoms with E-state index in [9.17, 15) is 4.79 Å².